The molecule has 0 N–H and O–H groups in total. The Morgan fingerprint density at radius 1 is 1.36 bits per heavy atom. The van der Waals surface area contributed by atoms with Crippen LogP contribution in [0.4, 0.5) is 0 Å². The summed E-state index contributed by atoms with van der Waals surface area (Å²) in [4.78, 5) is 23.6. The molecule has 0 aromatic carbocycles. The number of Topliss-reactive ketones (excluding diaryl/α,β-unsaturated/α-hetero) is 2. The molecule has 0 saturated heterocycles. The van der Waals surface area contributed by atoms with Crippen LogP contribution in [0.15, 0.2) is 22.7 Å². The zero-order chi connectivity index (χ0) is 10.1. The minimum Gasteiger partial charge on any atom is -0.297 e. The molecule has 0 spiro atoms. The fourth-order valence-electron chi connectivity index (χ4n) is 2.66. The molecule has 0 radical (unpaired) electrons. The van der Waals surface area contributed by atoms with E-state index in [1.807, 2.05) is 18.2 Å². The Balaban J connectivity index is 2.18. The van der Waals surface area contributed by atoms with E-state index in [4.69, 9.17) is 0 Å². The molecule has 0 heterocycles. The summed E-state index contributed by atoms with van der Waals surface area (Å²) in [5, 5.41) is 0. The molecule has 0 aliphatic heterocycles. The van der Waals surface area contributed by atoms with Gasteiger partial charge in [-0.05, 0) is 15.9 Å². The first-order valence-corrected chi connectivity index (χ1v) is 5.98. The van der Waals surface area contributed by atoms with Crippen LogP contribution in [0, 0.1) is 17.8 Å². The van der Waals surface area contributed by atoms with Crippen LogP contribution in [-0.4, -0.2) is 15.9 Å². The topological polar surface area (TPSA) is 34.1 Å². The smallest absolute Gasteiger partial charge is 0.174 e. The fraction of sp³-hybridized carbons (Fsp3) is 0.400. The van der Waals surface area contributed by atoms with Gasteiger partial charge in [-0.3, -0.25) is 9.59 Å². The number of hydrogen-bond acceptors (Lipinski definition) is 2. The van der Waals surface area contributed by atoms with E-state index in [-0.39, 0.29) is 29.3 Å². The Morgan fingerprint density at radius 2 is 2.07 bits per heavy atom. The van der Waals surface area contributed by atoms with Gasteiger partial charge >= 0.3 is 0 Å². The lowest BCUT2D eigenvalue weighted by atomic mass is 9.85. The number of carbonyl (C=O) groups excluding carboxylic acids is 2. The molecular weight excluding hydrogens is 312 g/mol. The zero-order valence-corrected chi connectivity index (χ0v) is 10.2. The van der Waals surface area contributed by atoms with Crippen LogP contribution >= 0.6 is 31.9 Å². The van der Waals surface area contributed by atoms with Crippen molar-refractivity contribution in [3.05, 3.63) is 22.7 Å². The highest BCUT2D eigenvalue weighted by molar-refractivity contribution is 9.12. The van der Waals surface area contributed by atoms with Crippen molar-refractivity contribution in [3.63, 3.8) is 0 Å². The summed E-state index contributed by atoms with van der Waals surface area (Å²) in [6, 6.07) is 0. The van der Waals surface area contributed by atoms with E-state index < -0.39 is 4.32 Å². The number of rotatable bonds is 0. The first-order valence-electron chi connectivity index (χ1n) is 4.40. The first kappa shape index (κ1) is 9.04. The lowest BCUT2D eigenvalue weighted by Gasteiger charge is -2.22. The van der Waals surface area contributed by atoms with Crippen molar-refractivity contribution in [2.75, 3.05) is 0 Å². The predicted molar refractivity (Wildman–Crippen MR) is 58.3 cm³/mol. The SMILES string of the molecule is O=C1C(Br)=C[C@@H]2[C@@H]1[C@H]1C=C[C@@]2(Br)C1=O. The van der Waals surface area contributed by atoms with Crippen molar-refractivity contribution in [1.29, 1.82) is 0 Å². The average Bonchev–Trinajstić information content (AvgIpc) is 2.65. The maximum Gasteiger partial charge on any atom is 0.174 e. The van der Waals surface area contributed by atoms with Crippen LogP contribution < -0.4 is 0 Å². The normalized spacial score (nSPS) is 48.7. The van der Waals surface area contributed by atoms with Crippen LogP contribution in [0.1, 0.15) is 0 Å². The van der Waals surface area contributed by atoms with Crippen molar-refractivity contribution in [3.8, 4) is 0 Å². The molecule has 1 saturated carbocycles. The summed E-state index contributed by atoms with van der Waals surface area (Å²) in [5.74, 6) is -0.164. The summed E-state index contributed by atoms with van der Waals surface area (Å²) in [6.07, 6.45) is 5.61. The Labute approximate surface area is 97.7 Å². The van der Waals surface area contributed by atoms with Gasteiger partial charge in [-0.25, -0.2) is 0 Å². The van der Waals surface area contributed by atoms with Crippen LogP contribution in [-0.2, 0) is 9.59 Å². The van der Waals surface area contributed by atoms with E-state index in [1.54, 1.807) is 0 Å². The summed E-state index contributed by atoms with van der Waals surface area (Å²) in [6.45, 7) is 0. The molecule has 2 bridgehead atoms. The van der Waals surface area contributed by atoms with Gasteiger partial charge in [-0.15, -0.1) is 0 Å². The van der Waals surface area contributed by atoms with Crippen LogP contribution in [0.3, 0.4) is 0 Å². The van der Waals surface area contributed by atoms with E-state index >= 15 is 0 Å². The third-order valence-corrected chi connectivity index (χ3v) is 5.19. The molecule has 3 aliphatic carbocycles. The third kappa shape index (κ3) is 0.784. The van der Waals surface area contributed by atoms with Crippen molar-refractivity contribution in [2.45, 2.75) is 4.32 Å². The maximum atomic E-state index is 11.8. The number of alkyl halides is 1. The Bertz CT molecular complexity index is 424. The summed E-state index contributed by atoms with van der Waals surface area (Å²) in [5.41, 5.74) is 0. The van der Waals surface area contributed by atoms with Crippen LogP contribution in [0.2, 0.25) is 0 Å². The minimum atomic E-state index is -0.604. The van der Waals surface area contributed by atoms with E-state index in [2.05, 4.69) is 31.9 Å². The standard InChI is InChI=1S/C10H6Br2O2/c11-6-3-5-7(8(6)13)4-1-2-10(5,12)9(4)14/h1-5,7H/t4-,5-,7+,10+/m1/s1. The van der Waals surface area contributed by atoms with E-state index in [0.717, 1.165) is 0 Å². The highest BCUT2D eigenvalue weighted by Crippen LogP contribution is 2.57. The molecule has 2 nitrogen and oxygen atoms in total. The zero-order valence-electron chi connectivity index (χ0n) is 7.04. The molecule has 0 unspecified atom stereocenters. The number of allylic oxidation sites excluding steroid dienone is 4. The lowest BCUT2D eigenvalue weighted by Crippen LogP contribution is -2.29. The average molecular weight is 318 g/mol. The molecule has 0 aromatic heterocycles. The van der Waals surface area contributed by atoms with E-state index in [0.29, 0.717) is 4.48 Å². The number of fused-ring (bicyclic) bond motifs is 5. The van der Waals surface area contributed by atoms with Gasteiger partial charge in [0.15, 0.2) is 11.6 Å². The van der Waals surface area contributed by atoms with Gasteiger partial charge in [0, 0.05) is 17.8 Å². The van der Waals surface area contributed by atoms with Gasteiger partial charge in [0.1, 0.15) is 4.32 Å². The van der Waals surface area contributed by atoms with Gasteiger partial charge in [0.05, 0.1) is 4.48 Å². The quantitative estimate of drug-likeness (QED) is 0.506. The van der Waals surface area contributed by atoms with E-state index in [9.17, 15) is 9.59 Å². The second-order valence-electron chi connectivity index (χ2n) is 3.95. The molecule has 3 rings (SSSR count). The summed E-state index contributed by atoms with van der Waals surface area (Å²) < 4.78 is 0.0191. The molecule has 3 aliphatic rings. The summed E-state index contributed by atoms with van der Waals surface area (Å²) >= 11 is 6.70. The number of carbonyl (C=O) groups is 2. The highest BCUT2D eigenvalue weighted by Gasteiger charge is 2.63. The van der Waals surface area contributed by atoms with Crippen LogP contribution in [0.25, 0.3) is 0 Å². The Hall–Kier alpha value is -0.220. The molecule has 1 fully saturated rings. The second-order valence-corrected chi connectivity index (χ2v) is 6.11. The van der Waals surface area contributed by atoms with Gasteiger partial charge in [0.2, 0.25) is 0 Å². The second kappa shape index (κ2) is 2.47. The number of ketones is 2. The van der Waals surface area contributed by atoms with Crippen molar-refractivity contribution < 1.29 is 9.59 Å². The van der Waals surface area contributed by atoms with Crippen LogP contribution in [0.5, 0.6) is 0 Å². The Kier molecular flexibility index (Phi) is 1.60. The maximum absolute atomic E-state index is 11.8. The molecule has 0 aromatic rings. The first-order chi connectivity index (χ1) is 6.55. The minimum absolute atomic E-state index is 0.00637. The molecule has 0 amide bonds. The number of hydrogen-bond donors (Lipinski definition) is 0. The highest BCUT2D eigenvalue weighted by atomic mass is 79.9. The summed E-state index contributed by atoms with van der Waals surface area (Å²) in [7, 11) is 0. The Morgan fingerprint density at radius 3 is 2.71 bits per heavy atom. The fourth-order valence-corrected chi connectivity index (χ4v) is 4.04. The largest absolute Gasteiger partial charge is 0.297 e. The monoisotopic (exact) mass is 316 g/mol. The van der Waals surface area contributed by atoms with Crippen molar-refractivity contribution in [1.82, 2.24) is 0 Å². The van der Waals surface area contributed by atoms with Gasteiger partial charge < -0.3 is 0 Å². The molecule has 4 atom stereocenters. The lowest BCUT2D eigenvalue weighted by molar-refractivity contribution is -0.124. The predicted octanol–water partition coefficient (Wildman–Crippen LogP) is 1.98. The van der Waals surface area contributed by atoms with Gasteiger partial charge in [-0.1, -0.05) is 34.2 Å². The molecule has 14 heavy (non-hydrogen) atoms. The van der Waals surface area contributed by atoms with E-state index in [1.165, 1.54) is 0 Å². The number of halogens is 2. The molecule has 72 valence electrons. The molecule has 4 heteroatoms. The van der Waals surface area contributed by atoms with Gasteiger partial charge in [0.25, 0.3) is 0 Å². The molecular formula is C10H6Br2O2. The van der Waals surface area contributed by atoms with Crippen molar-refractivity contribution in [2.24, 2.45) is 17.8 Å². The van der Waals surface area contributed by atoms with Crippen molar-refractivity contribution >= 4 is 43.4 Å². The van der Waals surface area contributed by atoms with Gasteiger partial charge in [-0.2, -0.15) is 0 Å². The third-order valence-electron chi connectivity index (χ3n) is 3.35.